The van der Waals surface area contributed by atoms with E-state index in [0.29, 0.717) is 17.2 Å². The maximum absolute atomic E-state index is 11.1. The number of aryl methyl sites for hydroxylation is 1. The average molecular weight is 434 g/mol. The van der Waals surface area contributed by atoms with Crippen LogP contribution in [0, 0.1) is 6.92 Å². The average Bonchev–Trinajstić information content (AvgIpc) is 2.83. The highest BCUT2D eigenvalue weighted by atomic mass is 16.5. The molecule has 5 nitrogen and oxygen atoms in total. The van der Waals surface area contributed by atoms with Crippen LogP contribution in [0.15, 0.2) is 48.5 Å². The first-order valence-corrected chi connectivity index (χ1v) is 11.0. The van der Waals surface area contributed by atoms with Gasteiger partial charge in [0.25, 0.3) is 0 Å². The largest absolute Gasteiger partial charge is 0.504 e. The highest BCUT2D eigenvalue weighted by Gasteiger charge is 2.26. The third-order valence-corrected chi connectivity index (χ3v) is 6.28. The lowest BCUT2D eigenvalue weighted by Crippen LogP contribution is -2.32. The summed E-state index contributed by atoms with van der Waals surface area (Å²) in [4.78, 5) is 2.45. The summed E-state index contributed by atoms with van der Waals surface area (Å²) in [5.41, 5.74) is 6.57. The van der Waals surface area contributed by atoms with Crippen LogP contribution in [0.5, 0.6) is 23.0 Å². The summed E-state index contributed by atoms with van der Waals surface area (Å²) >= 11 is 0. The molecule has 0 bridgehead atoms. The Balaban J connectivity index is 1.69. The van der Waals surface area contributed by atoms with Crippen LogP contribution < -0.4 is 14.2 Å². The van der Waals surface area contributed by atoms with Crippen LogP contribution in [0.25, 0.3) is 11.1 Å². The van der Waals surface area contributed by atoms with Crippen molar-refractivity contribution in [2.24, 2.45) is 0 Å². The lowest BCUT2D eigenvalue weighted by molar-refractivity contribution is 0.256. The molecule has 0 unspecified atom stereocenters. The molecule has 0 saturated carbocycles. The number of nitrogens with zero attached hydrogens (tertiary/aromatic N) is 1. The Kier molecular flexibility index (Phi) is 6.56. The Morgan fingerprint density at radius 3 is 2.34 bits per heavy atom. The number of phenols is 1. The highest BCUT2D eigenvalue weighted by Crippen LogP contribution is 2.47. The van der Waals surface area contributed by atoms with Crippen LogP contribution in [-0.4, -0.2) is 44.4 Å². The van der Waals surface area contributed by atoms with E-state index in [1.807, 2.05) is 24.3 Å². The van der Waals surface area contributed by atoms with E-state index in [2.05, 4.69) is 36.1 Å². The number of fused-ring (bicyclic) bond motifs is 1. The van der Waals surface area contributed by atoms with Crippen molar-refractivity contribution in [3.8, 4) is 34.1 Å². The van der Waals surface area contributed by atoms with Crippen molar-refractivity contribution in [3.05, 3.63) is 70.8 Å². The van der Waals surface area contributed by atoms with Gasteiger partial charge in [0.2, 0.25) is 0 Å². The van der Waals surface area contributed by atoms with Crippen LogP contribution in [0.2, 0.25) is 0 Å². The first-order chi connectivity index (χ1) is 15.5. The maximum atomic E-state index is 11.1. The minimum Gasteiger partial charge on any atom is -0.504 e. The molecule has 3 aromatic rings. The number of rotatable bonds is 7. The van der Waals surface area contributed by atoms with Gasteiger partial charge in [0, 0.05) is 36.8 Å². The third-order valence-electron chi connectivity index (χ3n) is 6.28. The second-order valence-corrected chi connectivity index (χ2v) is 8.27. The molecule has 0 atom stereocenters. The zero-order valence-electron chi connectivity index (χ0n) is 19.3. The van der Waals surface area contributed by atoms with Crippen molar-refractivity contribution in [2.45, 2.75) is 26.3 Å². The molecule has 0 saturated heterocycles. The summed E-state index contributed by atoms with van der Waals surface area (Å²) < 4.78 is 16.5. The SMILES string of the molecule is COc1ccc(-c2c(O)c(OC)cc3c2CN(CCc2ccc(C)cc2)CC3)c(OC)c1. The van der Waals surface area contributed by atoms with Gasteiger partial charge in [0.15, 0.2) is 11.5 Å². The molecule has 0 spiro atoms. The molecule has 5 heteroatoms. The van der Waals surface area contributed by atoms with Crippen molar-refractivity contribution in [1.29, 1.82) is 0 Å². The molecule has 1 aliphatic heterocycles. The second kappa shape index (κ2) is 9.53. The van der Waals surface area contributed by atoms with Gasteiger partial charge in [-0.25, -0.2) is 0 Å². The topological polar surface area (TPSA) is 51.2 Å². The molecule has 32 heavy (non-hydrogen) atoms. The van der Waals surface area contributed by atoms with E-state index >= 15 is 0 Å². The van der Waals surface area contributed by atoms with E-state index in [1.54, 1.807) is 21.3 Å². The summed E-state index contributed by atoms with van der Waals surface area (Å²) in [6, 6.07) is 16.4. The summed E-state index contributed by atoms with van der Waals surface area (Å²) in [6.07, 6.45) is 1.91. The van der Waals surface area contributed by atoms with Crippen molar-refractivity contribution in [2.75, 3.05) is 34.4 Å². The molecular weight excluding hydrogens is 402 g/mol. The van der Waals surface area contributed by atoms with Crippen molar-refractivity contribution < 1.29 is 19.3 Å². The number of aromatic hydroxyl groups is 1. The Morgan fingerprint density at radius 1 is 0.906 bits per heavy atom. The normalized spacial score (nSPS) is 13.5. The van der Waals surface area contributed by atoms with Crippen LogP contribution in [0.3, 0.4) is 0 Å². The first-order valence-electron chi connectivity index (χ1n) is 11.0. The van der Waals surface area contributed by atoms with Gasteiger partial charge in [-0.05, 0) is 54.7 Å². The van der Waals surface area contributed by atoms with Crippen molar-refractivity contribution in [1.82, 2.24) is 4.90 Å². The number of ether oxygens (including phenoxy) is 3. The van der Waals surface area contributed by atoms with E-state index < -0.39 is 0 Å². The fourth-order valence-electron chi connectivity index (χ4n) is 4.41. The molecule has 0 aromatic heterocycles. The zero-order chi connectivity index (χ0) is 22.7. The molecule has 0 aliphatic carbocycles. The molecule has 4 rings (SSSR count). The van der Waals surface area contributed by atoms with E-state index in [-0.39, 0.29) is 5.75 Å². The lowest BCUT2D eigenvalue weighted by atomic mass is 9.89. The Labute approximate surface area is 190 Å². The second-order valence-electron chi connectivity index (χ2n) is 8.27. The summed E-state index contributed by atoms with van der Waals surface area (Å²) in [5.74, 6) is 2.01. The van der Waals surface area contributed by atoms with Gasteiger partial charge < -0.3 is 19.3 Å². The number of hydrogen-bond acceptors (Lipinski definition) is 5. The smallest absolute Gasteiger partial charge is 0.166 e. The summed E-state index contributed by atoms with van der Waals surface area (Å²) in [6.45, 7) is 4.82. The van der Waals surface area contributed by atoms with E-state index in [4.69, 9.17) is 14.2 Å². The third kappa shape index (κ3) is 4.39. The Morgan fingerprint density at radius 2 is 1.66 bits per heavy atom. The minimum atomic E-state index is 0.148. The summed E-state index contributed by atoms with van der Waals surface area (Å²) in [7, 11) is 4.86. The van der Waals surface area contributed by atoms with Gasteiger partial charge in [0.05, 0.1) is 21.3 Å². The van der Waals surface area contributed by atoms with Gasteiger partial charge in [-0.1, -0.05) is 29.8 Å². The number of benzene rings is 3. The molecule has 3 aromatic carbocycles. The fraction of sp³-hybridized carbons (Fsp3) is 0.333. The Hall–Kier alpha value is -3.18. The maximum Gasteiger partial charge on any atom is 0.166 e. The first kappa shape index (κ1) is 22.0. The predicted octanol–water partition coefficient (Wildman–Crippen LogP) is 4.99. The molecule has 1 aliphatic rings. The molecular formula is C27H31NO4. The van der Waals surface area contributed by atoms with Crippen LogP contribution >= 0.6 is 0 Å². The van der Waals surface area contributed by atoms with E-state index in [1.165, 1.54) is 16.7 Å². The van der Waals surface area contributed by atoms with Gasteiger partial charge in [-0.3, -0.25) is 4.90 Å². The number of phenolic OH excluding ortho intramolecular Hbond substituents is 1. The lowest BCUT2D eigenvalue weighted by Gasteiger charge is -2.31. The van der Waals surface area contributed by atoms with Crippen LogP contribution in [0.1, 0.15) is 22.3 Å². The van der Waals surface area contributed by atoms with Gasteiger partial charge in [0.1, 0.15) is 11.5 Å². The molecule has 0 fully saturated rings. The van der Waals surface area contributed by atoms with Crippen LogP contribution in [0.4, 0.5) is 0 Å². The number of hydrogen-bond donors (Lipinski definition) is 1. The number of methoxy groups -OCH3 is 3. The summed E-state index contributed by atoms with van der Waals surface area (Å²) in [5, 5.41) is 11.1. The zero-order valence-corrected chi connectivity index (χ0v) is 19.3. The molecule has 168 valence electrons. The fourth-order valence-corrected chi connectivity index (χ4v) is 4.41. The van der Waals surface area contributed by atoms with E-state index in [0.717, 1.165) is 49.2 Å². The van der Waals surface area contributed by atoms with Gasteiger partial charge in [-0.15, -0.1) is 0 Å². The molecule has 1 N–H and O–H groups in total. The Bertz CT molecular complexity index is 1090. The van der Waals surface area contributed by atoms with Crippen LogP contribution in [-0.2, 0) is 19.4 Å². The van der Waals surface area contributed by atoms with Gasteiger partial charge >= 0.3 is 0 Å². The quantitative estimate of drug-likeness (QED) is 0.569. The predicted molar refractivity (Wildman–Crippen MR) is 127 cm³/mol. The molecule has 0 radical (unpaired) electrons. The highest BCUT2D eigenvalue weighted by molar-refractivity contribution is 5.82. The van der Waals surface area contributed by atoms with Crippen molar-refractivity contribution in [3.63, 3.8) is 0 Å². The molecule has 1 heterocycles. The minimum absolute atomic E-state index is 0.148. The van der Waals surface area contributed by atoms with Crippen molar-refractivity contribution >= 4 is 0 Å². The monoisotopic (exact) mass is 433 g/mol. The standard InChI is InChI=1S/C27H31NO4/c1-18-5-7-19(8-6-18)11-13-28-14-12-20-15-25(32-4)27(29)26(23(20)17-28)22-10-9-21(30-2)16-24(22)31-3/h5-10,15-16,29H,11-14,17H2,1-4H3. The van der Waals surface area contributed by atoms with E-state index in [9.17, 15) is 5.11 Å². The van der Waals surface area contributed by atoms with Gasteiger partial charge in [-0.2, -0.15) is 0 Å². The molecule has 0 amide bonds.